The summed E-state index contributed by atoms with van der Waals surface area (Å²) in [5, 5.41) is 0. The molecule has 0 saturated carbocycles. The molecule has 110 valence electrons. The Hall–Kier alpha value is -2.13. The van der Waals surface area contributed by atoms with Crippen LogP contribution < -0.4 is 5.73 Å². The molecule has 2 rings (SSSR count). The van der Waals surface area contributed by atoms with Gasteiger partial charge in [-0.1, -0.05) is 54.6 Å². The lowest BCUT2D eigenvalue weighted by Crippen LogP contribution is -2.34. The number of ether oxygens (including phenoxy) is 1. The van der Waals surface area contributed by atoms with Crippen molar-refractivity contribution < 1.29 is 9.53 Å². The van der Waals surface area contributed by atoms with E-state index in [1.165, 1.54) is 11.1 Å². The van der Waals surface area contributed by atoms with Gasteiger partial charge in [-0.25, -0.2) is 0 Å². The maximum atomic E-state index is 11.5. The average molecular weight is 283 g/mol. The van der Waals surface area contributed by atoms with Crippen LogP contribution in [0.25, 0.3) is 0 Å². The van der Waals surface area contributed by atoms with E-state index in [-0.39, 0.29) is 5.97 Å². The van der Waals surface area contributed by atoms with Crippen LogP contribution in [0, 0.1) is 0 Å². The molecule has 0 bridgehead atoms. The SMILES string of the molecule is CCOC(=O)C(N)Cc1ccc(Cc2ccccc2)cc1. The average Bonchev–Trinajstić information content (AvgIpc) is 2.50. The van der Waals surface area contributed by atoms with Gasteiger partial charge in [-0.15, -0.1) is 0 Å². The molecule has 2 aromatic rings. The van der Waals surface area contributed by atoms with Gasteiger partial charge in [0.1, 0.15) is 6.04 Å². The molecule has 1 unspecified atom stereocenters. The fraction of sp³-hybridized carbons (Fsp3) is 0.278. The minimum atomic E-state index is -0.593. The zero-order chi connectivity index (χ0) is 15.1. The molecule has 1 atom stereocenters. The summed E-state index contributed by atoms with van der Waals surface area (Å²) in [6.07, 6.45) is 1.41. The third kappa shape index (κ3) is 4.72. The molecule has 0 aromatic heterocycles. The van der Waals surface area contributed by atoms with Crippen LogP contribution in [0.2, 0.25) is 0 Å². The summed E-state index contributed by atoms with van der Waals surface area (Å²) in [6.45, 7) is 2.14. The van der Waals surface area contributed by atoms with Crippen molar-refractivity contribution in [3.05, 3.63) is 71.3 Å². The van der Waals surface area contributed by atoms with E-state index < -0.39 is 6.04 Å². The molecule has 21 heavy (non-hydrogen) atoms. The quantitative estimate of drug-likeness (QED) is 0.829. The van der Waals surface area contributed by atoms with Gasteiger partial charge in [0.2, 0.25) is 0 Å². The van der Waals surface area contributed by atoms with Crippen LogP contribution in [0.1, 0.15) is 23.6 Å². The lowest BCUT2D eigenvalue weighted by atomic mass is 10.0. The standard InChI is InChI=1S/C18H21NO2/c1-2-21-18(20)17(19)13-16-10-8-15(9-11-16)12-14-6-4-3-5-7-14/h3-11,17H,2,12-13,19H2,1H3. The first kappa shape index (κ1) is 15.3. The van der Waals surface area contributed by atoms with Crippen LogP contribution in [-0.2, 0) is 22.4 Å². The fourth-order valence-electron chi connectivity index (χ4n) is 2.21. The number of benzene rings is 2. The number of nitrogens with two attached hydrogens (primary N) is 1. The topological polar surface area (TPSA) is 52.3 Å². The molecule has 0 fully saturated rings. The molecule has 0 aliphatic rings. The van der Waals surface area contributed by atoms with Gasteiger partial charge in [-0.05, 0) is 36.5 Å². The van der Waals surface area contributed by atoms with Gasteiger partial charge < -0.3 is 10.5 Å². The predicted octanol–water partition coefficient (Wildman–Crippen LogP) is 2.71. The number of carbonyl (C=O) groups excluding carboxylic acids is 1. The second-order valence-corrected chi connectivity index (χ2v) is 5.04. The normalized spacial score (nSPS) is 11.9. The van der Waals surface area contributed by atoms with E-state index in [4.69, 9.17) is 10.5 Å². The Labute approximate surface area is 125 Å². The van der Waals surface area contributed by atoms with E-state index >= 15 is 0 Å². The molecule has 3 heteroatoms. The molecular formula is C18H21NO2. The molecule has 0 aliphatic carbocycles. The maximum Gasteiger partial charge on any atom is 0.323 e. The predicted molar refractivity (Wildman–Crippen MR) is 84.0 cm³/mol. The van der Waals surface area contributed by atoms with Crippen molar-refractivity contribution in [1.29, 1.82) is 0 Å². The summed E-state index contributed by atoms with van der Waals surface area (Å²) in [4.78, 5) is 11.5. The molecule has 2 aromatic carbocycles. The zero-order valence-electron chi connectivity index (χ0n) is 12.3. The zero-order valence-corrected chi connectivity index (χ0v) is 12.3. The van der Waals surface area contributed by atoms with E-state index in [0.29, 0.717) is 13.0 Å². The Bertz CT molecular complexity index is 564. The summed E-state index contributed by atoms with van der Waals surface area (Å²) in [5.41, 5.74) is 9.40. The van der Waals surface area contributed by atoms with Gasteiger partial charge in [0, 0.05) is 0 Å². The Morgan fingerprint density at radius 1 is 1.00 bits per heavy atom. The lowest BCUT2D eigenvalue weighted by Gasteiger charge is -2.11. The molecule has 0 aliphatic heterocycles. The minimum Gasteiger partial charge on any atom is -0.465 e. The van der Waals surface area contributed by atoms with Crippen molar-refractivity contribution in [2.24, 2.45) is 5.73 Å². The van der Waals surface area contributed by atoms with Crippen molar-refractivity contribution in [2.45, 2.75) is 25.8 Å². The van der Waals surface area contributed by atoms with Crippen LogP contribution in [0.5, 0.6) is 0 Å². The highest BCUT2D eigenvalue weighted by atomic mass is 16.5. The van der Waals surface area contributed by atoms with Crippen molar-refractivity contribution in [1.82, 2.24) is 0 Å². The monoisotopic (exact) mass is 283 g/mol. The highest BCUT2D eigenvalue weighted by Crippen LogP contribution is 2.12. The summed E-state index contributed by atoms with van der Waals surface area (Å²) in [7, 11) is 0. The van der Waals surface area contributed by atoms with E-state index in [1.807, 2.05) is 30.3 Å². The van der Waals surface area contributed by atoms with Gasteiger partial charge in [0.05, 0.1) is 6.61 Å². The fourth-order valence-corrected chi connectivity index (χ4v) is 2.21. The van der Waals surface area contributed by atoms with Crippen molar-refractivity contribution in [3.63, 3.8) is 0 Å². The van der Waals surface area contributed by atoms with Crippen LogP contribution in [-0.4, -0.2) is 18.6 Å². The first-order chi connectivity index (χ1) is 10.2. The summed E-state index contributed by atoms with van der Waals surface area (Å²) < 4.78 is 4.91. The second-order valence-electron chi connectivity index (χ2n) is 5.04. The first-order valence-corrected chi connectivity index (χ1v) is 7.23. The van der Waals surface area contributed by atoms with E-state index in [9.17, 15) is 4.79 Å². The Kier molecular flexibility index (Phi) is 5.52. The summed E-state index contributed by atoms with van der Waals surface area (Å²) in [6, 6.07) is 18.0. The van der Waals surface area contributed by atoms with E-state index in [0.717, 1.165) is 12.0 Å². The highest BCUT2D eigenvalue weighted by molar-refractivity contribution is 5.75. The number of carbonyl (C=O) groups is 1. The van der Waals surface area contributed by atoms with E-state index in [2.05, 4.69) is 24.3 Å². The van der Waals surface area contributed by atoms with Crippen molar-refractivity contribution >= 4 is 5.97 Å². The van der Waals surface area contributed by atoms with Crippen LogP contribution in [0.15, 0.2) is 54.6 Å². The molecule has 3 nitrogen and oxygen atoms in total. The molecular weight excluding hydrogens is 262 g/mol. The molecule has 0 amide bonds. The Morgan fingerprint density at radius 3 is 2.19 bits per heavy atom. The second kappa shape index (κ2) is 7.60. The summed E-state index contributed by atoms with van der Waals surface area (Å²) >= 11 is 0. The van der Waals surface area contributed by atoms with Crippen LogP contribution in [0.4, 0.5) is 0 Å². The van der Waals surface area contributed by atoms with Gasteiger partial charge in [-0.3, -0.25) is 4.79 Å². The van der Waals surface area contributed by atoms with Crippen LogP contribution in [0.3, 0.4) is 0 Å². The third-order valence-corrected chi connectivity index (χ3v) is 3.32. The third-order valence-electron chi connectivity index (χ3n) is 3.32. The molecule has 0 saturated heterocycles. The van der Waals surface area contributed by atoms with Gasteiger partial charge in [0.15, 0.2) is 0 Å². The molecule has 0 heterocycles. The Morgan fingerprint density at radius 2 is 1.57 bits per heavy atom. The van der Waals surface area contributed by atoms with E-state index in [1.54, 1.807) is 6.92 Å². The number of hydrogen-bond acceptors (Lipinski definition) is 3. The summed E-state index contributed by atoms with van der Waals surface area (Å²) in [5.74, 6) is -0.342. The lowest BCUT2D eigenvalue weighted by molar-refractivity contribution is -0.144. The van der Waals surface area contributed by atoms with Crippen molar-refractivity contribution in [2.75, 3.05) is 6.61 Å². The van der Waals surface area contributed by atoms with Gasteiger partial charge in [-0.2, -0.15) is 0 Å². The Balaban J connectivity index is 1.94. The molecule has 0 spiro atoms. The van der Waals surface area contributed by atoms with Crippen LogP contribution >= 0.6 is 0 Å². The number of hydrogen-bond donors (Lipinski definition) is 1. The highest BCUT2D eigenvalue weighted by Gasteiger charge is 2.14. The minimum absolute atomic E-state index is 0.342. The van der Waals surface area contributed by atoms with Gasteiger partial charge in [0.25, 0.3) is 0 Å². The first-order valence-electron chi connectivity index (χ1n) is 7.23. The molecule has 0 radical (unpaired) electrons. The smallest absolute Gasteiger partial charge is 0.323 e. The molecule has 2 N–H and O–H groups in total. The van der Waals surface area contributed by atoms with Gasteiger partial charge >= 0.3 is 5.97 Å². The maximum absolute atomic E-state index is 11.5. The number of rotatable bonds is 6. The largest absolute Gasteiger partial charge is 0.465 e. The number of esters is 1. The van der Waals surface area contributed by atoms with Crippen molar-refractivity contribution in [3.8, 4) is 0 Å².